The summed E-state index contributed by atoms with van der Waals surface area (Å²) in [6.45, 7) is 5.99. The van der Waals surface area contributed by atoms with Gasteiger partial charge in [-0.1, -0.05) is 13.8 Å². The van der Waals surface area contributed by atoms with Gasteiger partial charge < -0.3 is 10.1 Å². The van der Waals surface area contributed by atoms with E-state index in [4.69, 9.17) is 4.74 Å². The van der Waals surface area contributed by atoms with Crippen LogP contribution >= 0.6 is 0 Å². The maximum atomic E-state index is 5.61. The zero-order valence-electron chi connectivity index (χ0n) is 10.5. The first kappa shape index (κ1) is 13.0. The van der Waals surface area contributed by atoms with Gasteiger partial charge in [-0.3, -0.25) is 0 Å². The summed E-state index contributed by atoms with van der Waals surface area (Å²) in [6.07, 6.45) is 4.18. The lowest BCUT2D eigenvalue weighted by Gasteiger charge is -2.07. The fourth-order valence-electron chi connectivity index (χ4n) is 1.48. The van der Waals surface area contributed by atoms with Gasteiger partial charge in [-0.2, -0.15) is 0 Å². The lowest BCUT2D eigenvalue weighted by Crippen LogP contribution is -1.99. The van der Waals surface area contributed by atoms with E-state index in [0.29, 0.717) is 6.61 Å². The molecule has 1 N–H and O–H groups in total. The van der Waals surface area contributed by atoms with Crippen molar-refractivity contribution in [3.8, 4) is 0 Å². The molecule has 1 heterocycles. The smallest absolute Gasteiger partial charge is 0.125 e. The van der Waals surface area contributed by atoms with Gasteiger partial charge >= 0.3 is 0 Å². The van der Waals surface area contributed by atoms with E-state index >= 15 is 0 Å². The number of pyridine rings is 1. The van der Waals surface area contributed by atoms with Crippen LogP contribution < -0.4 is 5.32 Å². The minimum absolute atomic E-state index is 0.676. The van der Waals surface area contributed by atoms with Crippen molar-refractivity contribution in [3.05, 3.63) is 23.9 Å². The number of anilines is 1. The Labute approximate surface area is 98.2 Å². The summed E-state index contributed by atoms with van der Waals surface area (Å²) >= 11 is 0. The Bertz CT molecular complexity index is 300. The van der Waals surface area contributed by atoms with Crippen LogP contribution in [-0.2, 0) is 11.3 Å². The summed E-state index contributed by atoms with van der Waals surface area (Å²) in [5.74, 6) is 1.66. The molecule has 0 spiro atoms. The molecule has 0 saturated heterocycles. The highest BCUT2D eigenvalue weighted by Gasteiger charge is 1.97. The van der Waals surface area contributed by atoms with Gasteiger partial charge in [-0.05, 0) is 36.5 Å². The number of rotatable bonds is 7. The van der Waals surface area contributed by atoms with Crippen LogP contribution in [0, 0.1) is 5.92 Å². The van der Waals surface area contributed by atoms with Gasteiger partial charge in [0.1, 0.15) is 5.82 Å². The van der Waals surface area contributed by atoms with E-state index in [0.717, 1.165) is 24.8 Å². The number of hydrogen-bond acceptors (Lipinski definition) is 3. The molecule has 0 atom stereocenters. The van der Waals surface area contributed by atoms with Crippen molar-refractivity contribution in [2.24, 2.45) is 5.92 Å². The molecule has 3 nitrogen and oxygen atoms in total. The van der Waals surface area contributed by atoms with E-state index < -0.39 is 0 Å². The SMILES string of the molecule is CNc1cc(COCCCC(C)C)ccn1. The van der Waals surface area contributed by atoms with Gasteiger partial charge in [0.25, 0.3) is 0 Å². The Morgan fingerprint density at radius 3 is 2.94 bits per heavy atom. The molecular weight excluding hydrogens is 200 g/mol. The van der Waals surface area contributed by atoms with Crippen LogP contribution in [0.4, 0.5) is 5.82 Å². The largest absolute Gasteiger partial charge is 0.377 e. The molecule has 0 unspecified atom stereocenters. The molecule has 1 rings (SSSR count). The highest BCUT2D eigenvalue weighted by Crippen LogP contribution is 2.08. The summed E-state index contributed by atoms with van der Waals surface area (Å²) in [6, 6.07) is 4.01. The summed E-state index contributed by atoms with van der Waals surface area (Å²) < 4.78 is 5.61. The Kier molecular flexibility index (Phi) is 5.86. The van der Waals surface area contributed by atoms with Gasteiger partial charge in [-0.25, -0.2) is 4.98 Å². The van der Waals surface area contributed by atoms with E-state index in [1.165, 1.54) is 12.0 Å². The molecule has 0 aliphatic carbocycles. The molecule has 0 amide bonds. The molecule has 0 fully saturated rings. The van der Waals surface area contributed by atoms with Crippen molar-refractivity contribution in [2.45, 2.75) is 33.3 Å². The molecule has 0 aliphatic heterocycles. The fourth-order valence-corrected chi connectivity index (χ4v) is 1.48. The topological polar surface area (TPSA) is 34.1 Å². The minimum atomic E-state index is 0.676. The predicted molar refractivity (Wildman–Crippen MR) is 67.5 cm³/mol. The van der Waals surface area contributed by atoms with Gasteiger partial charge in [0.2, 0.25) is 0 Å². The van der Waals surface area contributed by atoms with Crippen molar-refractivity contribution in [2.75, 3.05) is 19.0 Å². The highest BCUT2D eigenvalue weighted by atomic mass is 16.5. The first-order valence-corrected chi connectivity index (χ1v) is 5.93. The van der Waals surface area contributed by atoms with E-state index in [2.05, 4.69) is 24.1 Å². The molecule has 0 aliphatic rings. The third kappa shape index (κ3) is 5.12. The number of ether oxygens (including phenoxy) is 1. The molecule has 16 heavy (non-hydrogen) atoms. The van der Waals surface area contributed by atoms with Crippen molar-refractivity contribution in [1.82, 2.24) is 4.98 Å². The molecule has 0 aromatic carbocycles. The number of nitrogens with one attached hydrogen (secondary N) is 1. The zero-order valence-corrected chi connectivity index (χ0v) is 10.5. The Morgan fingerprint density at radius 1 is 1.44 bits per heavy atom. The zero-order chi connectivity index (χ0) is 11.8. The standard InChI is InChI=1S/C13H22N2O/c1-11(2)5-4-8-16-10-12-6-7-15-13(9-12)14-3/h6-7,9,11H,4-5,8,10H2,1-3H3,(H,14,15). The molecule has 3 heteroatoms. The number of nitrogens with zero attached hydrogens (tertiary/aromatic N) is 1. The number of aromatic nitrogens is 1. The summed E-state index contributed by atoms with van der Waals surface area (Å²) in [4.78, 5) is 4.16. The van der Waals surface area contributed by atoms with Gasteiger partial charge in [-0.15, -0.1) is 0 Å². The normalized spacial score (nSPS) is 10.8. The maximum Gasteiger partial charge on any atom is 0.125 e. The third-order valence-electron chi connectivity index (χ3n) is 2.42. The summed E-state index contributed by atoms with van der Waals surface area (Å²) in [5.41, 5.74) is 1.17. The second-order valence-electron chi connectivity index (χ2n) is 4.39. The quantitative estimate of drug-likeness (QED) is 0.720. The fraction of sp³-hybridized carbons (Fsp3) is 0.615. The molecular formula is C13H22N2O. The molecule has 0 radical (unpaired) electrons. The molecule has 1 aromatic rings. The molecule has 0 saturated carbocycles. The highest BCUT2D eigenvalue weighted by molar-refractivity contribution is 5.36. The number of hydrogen-bond donors (Lipinski definition) is 1. The second kappa shape index (κ2) is 7.23. The summed E-state index contributed by atoms with van der Waals surface area (Å²) in [5, 5.41) is 3.02. The maximum absolute atomic E-state index is 5.61. The third-order valence-corrected chi connectivity index (χ3v) is 2.42. The van der Waals surface area contributed by atoms with Crippen LogP contribution in [0.5, 0.6) is 0 Å². The van der Waals surface area contributed by atoms with Crippen molar-refractivity contribution < 1.29 is 4.74 Å². The van der Waals surface area contributed by atoms with Crippen molar-refractivity contribution >= 4 is 5.82 Å². The lowest BCUT2D eigenvalue weighted by molar-refractivity contribution is 0.115. The molecule has 0 bridgehead atoms. The van der Waals surface area contributed by atoms with Crippen LogP contribution in [0.15, 0.2) is 18.3 Å². The van der Waals surface area contributed by atoms with E-state index in [-0.39, 0.29) is 0 Å². The molecule has 90 valence electrons. The van der Waals surface area contributed by atoms with Gasteiger partial charge in [0.15, 0.2) is 0 Å². The van der Waals surface area contributed by atoms with Crippen molar-refractivity contribution in [3.63, 3.8) is 0 Å². The second-order valence-corrected chi connectivity index (χ2v) is 4.39. The Hall–Kier alpha value is -1.09. The molecule has 1 aromatic heterocycles. The van der Waals surface area contributed by atoms with Gasteiger partial charge in [0.05, 0.1) is 6.61 Å². The lowest BCUT2D eigenvalue weighted by atomic mass is 10.1. The minimum Gasteiger partial charge on any atom is -0.377 e. The van der Waals surface area contributed by atoms with E-state index in [1.54, 1.807) is 6.20 Å². The van der Waals surface area contributed by atoms with Gasteiger partial charge in [0, 0.05) is 19.9 Å². The van der Waals surface area contributed by atoms with Crippen LogP contribution in [0.3, 0.4) is 0 Å². The first-order chi connectivity index (χ1) is 7.72. The Balaban J connectivity index is 2.21. The monoisotopic (exact) mass is 222 g/mol. The average Bonchev–Trinajstić information content (AvgIpc) is 2.28. The van der Waals surface area contributed by atoms with Crippen LogP contribution in [0.1, 0.15) is 32.3 Å². The summed E-state index contributed by atoms with van der Waals surface area (Å²) in [7, 11) is 1.87. The first-order valence-electron chi connectivity index (χ1n) is 5.93. The van der Waals surface area contributed by atoms with Crippen LogP contribution in [0.2, 0.25) is 0 Å². The van der Waals surface area contributed by atoms with Crippen LogP contribution in [-0.4, -0.2) is 18.6 Å². The average molecular weight is 222 g/mol. The van der Waals surface area contributed by atoms with E-state index in [9.17, 15) is 0 Å². The van der Waals surface area contributed by atoms with Crippen molar-refractivity contribution in [1.29, 1.82) is 0 Å². The Morgan fingerprint density at radius 2 is 2.25 bits per heavy atom. The predicted octanol–water partition coefficient (Wildman–Crippen LogP) is 3.08. The van der Waals surface area contributed by atoms with Crippen LogP contribution in [0.25, 0.3) is 0 Å². The van der Waals surface area contributed by atoms with E-state index in [1.807, 2.05) is 19.2 Å².